The lowest BCUT2D eigenvalue weighted by molar-refractivity contribution is -0.138. The number of aromatic amines is 1. The van der Waals surface area contributed by atoms with Crippen molar-refractivity contribution in [3.05, 3.63) is 255 Å². The molecule has 0 fully saturated rings. The molecule has 0 unspecified atom stereocenters. The first-order valence-corrected chi connectivity index (χ1v) is 24.2. The van der Waals surface area contributed by atoms with Gasteiger partial charge >= 0.3 is 18.5 Å². The molecule has 0 atom stereocenters. The molecule has 0 aliphatic heterocycles. The molecule has 1 aromatic heterocycles. The van der Waals surface area contributed by atoms with E-state index < -0.39 is 87.7 Å². The predicted molar refractivity (Wildman–Crippen MR) is 277 cm³/mol. The Balaban J connectivity index is 0.000000183. The number of H-pyrrole nitrogens is 1. The largest absolute Gasteiger partial charge is 0.457 e. The first kappa shape index (κ1) is 62.1. The van der Waals surface area contributed by atoms with Crippen LogP contribution in [0.15, 0.2) is 192 Å². The van der Waals surface area contributed by atoms with Gasteiger partial charge in [0.1, 0.15) is 46.2 Å². The van der Waals surface area contributed by atoms with Crippen molar-refractivity contribution in [1.82, 2.24) is 15.6 Å². The maximum absolute atomic E-state index is 13.9. The number of ketones is 2. The number of benzene rings is 6. The Bertz CT molecular complexity index is 3850. The van der Waals surface area contributed by atoms with E-state index in [9.17, 15) is 85.8 Å². The molecule has 2 aliphatic rings. The van der Waals surface area contributed by atoms with Crippen molar-refractivity contribution in [2.24, 2.45) is 0 Å². The number of alkyl halides is 9. The van der Waals surface area contributed by atoms with Crippen LogP contribution in [0.4, 0.5) is 62.8 Å². The lowest BCUT2D eigenvalue weighted by Crippen LogP contribution is -2.24. The minimum absolute atomic E-state index is 0.0545. The van der Waals surface area contributed by atoms with Crippen LogP contribution in [0.2, 0.25) is 0 Å². The molecular formula is C59H37F13N4O9. The van der Waals surface area contributed by atoms with Gasteiger partial charge in [0.2, 0.25) is 5.56 Å². The first-order valence-electron chi connectivity index (χ1n) is 24.2. The standard InChI is InChI=1S/C20H12F5NO3.C20H13F4NO3.C19H12F4N2O3/c21-12-5-7-17(16(22)9-12)29-18-8-11(20(23,24)25)4-6-15(18)19(28)26-13-2-1-3-14(27)10-13;21-13-5-7-16(8-6-13)28-18-10-12(20(22,23)24)4-9-17(18)19(27)25-14-2-1-3-15(26)11-14;20-12-2-5-14(6-3-12)28-16-9-11(19(21,22)23)1-7-15(16)18(27)25-13-4-8-17(26)24-10-13/h1-2,4-10H,3H2,(H,26,28);1-2,4-11H,3H2,(H,25,27);1-10H,(H,24,26)(H,25,27). The number of carbonyl (C=O) groups excluding carboxylic acids is 5. The van der Waals surface area contributed by atoms with Gasteiger partial charge in [-0.2, -0.15) is 39.5 Å². The summed E-state index contributed by atoms with van der Waals surface area (Å²) in [4.78, 5) is 73.8. The summed E-state index contributed by atoms with van der Waals surface area (Å²) in [5, 5.41) is 7.27. The summed E-state index contributed by atoms with van der Waals surface area (Å²) in [6, 6.07) is 20.8. The number of hydrogen-bond donors (Lipinski definition) is 4. The maximum atomic E-state index is 13.9. The first-order chi connectivity index (χ1) is 40.1. The number of carbonyl (C=O) groups is 5. The SMILES string of the molecule is O=C(Nc1ccc(=O)[nH]c1)c1ccc(C(F)(F)F)cc1Oc1ccc(F)cc1.O=C1C=C(NC(=O)c2ccc(C(F)(F)F)cc2Oc2ccc(F)cc2)C=CC1.O=C1C=C(NC(=O)c2ccc(C(F)(F)F)cc2Oc2ccc(F)cc2F)C=CC1. The van der Waals surface area contributed by atoms with E-state index >= 15 is 0 Å². The Morgan fingerprint density at radius 2 is 0.812 bits per heavy atom. The number of nitrogens with one attached hydrogen (secondary N) is 4. The molecule has 0 bridgehead atoms. The Hall–Kier alpha value is -10.5. The Morgan fingerprint density at radius 3 is 1.18 bits per heavy atom. The molecule has 9 rings (SSSR count). The van der Waals surface area contributed by atoms with Gasteiger partial charge in [0.05, 0.1) is 39.1 Å². The van der Waals surface area contributed by atoms with E-state index in [-0.39, 0.29) is 86.7 Å². The Labute approximate surface area is 470 Å². The molecule has 3 amide bonds. The molecule has 7 aromatic rings. The van der Waals surface area contributed by atoms with Gasteiger partial charge in [0.15, 0.2) is 23.1 Å². The number of allylic oxidation sites excluding steroid dienone is 6. The van der Waals surface area contributed by atoms with E-state index in [2.05, 4.69) is 20.9 Å². The van der Waals surface area contributed by atoms with Gasteiger partial charge in [0, 0.05) is 54.7 Å². The van der Waals surface area contributed by atoms with Gasteiger partial charge in [-0.3, -0.25) is 28.8 Å². The van der Waals surface area contributed by atoms with E-state index in [0.29, 0.717) is 30.3 Å². The monoisotopic (exact) mass is 1190 g/mol. The van der Waals surface area contributed by atoms with E-state index in [1.165, 1.54) is 73.0 Å². The Kier molecular flexibility index (Phi) is 19.4. The molecular weight excluding hydrogens is 1160 g/mol. The number of hydrogen-bond acceptors (Lipinski definition) is 9. The molecule has 1 heterocycles. The summed E-state index contributed by atoms with van der Waals surface area (Å²) in [5.74, 6) is -7.77. The van der Waals surface area contributed by atoms with Gasteiger partial charge in [-0.05, 0) is 133 Å². The maximum Gasteiger partial charge on any atom is 0.416 e. The average molecular weight is 1190 g/mol. The predicted octanol–water partition coefficient (Wildman–Crippen LogP) is 14.3. The highest BCUT2D eigenvalue weighted by atomic mass is 19.4. The fourth-order valence-electron chi connectivity index (χ4n) is 7.25. The quantitative estimate of drug-likeness (QED) is 0.0865. The molecule has 0 spiro atoms. The lowest BCUT2D eigenvalue weighted by Gasteiger charge is -2.15. The summed E-state index contributed by atoms with van der Waals surface area (Å²) in [5.41, 5.74) is -3.62. The second kappa shape index (κ2) is 26.6. The van der Waals surface area contributed by atoms with E-state index in [0.717, 1.165) is 66.7 Å². The topological polar surface area (TPSA) is 182 Å². The normalized spacial score (nSPS) is 13.0. The number of anilines is 1. The Morgan fingerprint density at radius 1 is 0.424 bits per heavy atom. The third-order valence-corrected chi connectivity index (χ3v) is 11.3. The van der Waals surface area contributed by atoms with Gasteiger partial charge in [-0.25, -0.2) is 17.6 Å². The number of pyridine rings is 1. The molecule has 85 heavy (non-hydrogen) atoms. The number of rotatable bonds is 12. The molecule has 2 aliphatic carbocycles. The van der Waals surface area contributed by atoms with Gasteiger partial charge in [-0.1, -0.05) is 12.2 Å². The summed E-state index contributed by atoms with van der Waals surface area (Å²) in [6.45, 7) is 0. The zero-order valence-corrected chi connectivity index (χ0v) is 42.7. The second-order valence-electron chi connectivity index (χ2n) is 17.6. The molecule has 0 saturated heterocycles. The van der Waals surface area contributed by atoms with Crippen LogP contribution in [0.1, 0.15) is 60.6 Å². The highest BCUT2D eigenvalue weighted by Gasteiger charge is 2.35. The minimum atomic E-state index is -4.74. The molecule has 0 saturated carbocycles. The second-order valence-corrected chi connectivity index (χ2v) is 17.6. The molecule has 438 valence electrons. The zero-order chi connectivity index (χ0) is 61.8. The molecule has 4 N–H and O–H groups in total. The average Bonchev–Trinajstić information content (AvgIpc) is 2.80. The van der Waals surface area contributed by atoms with Crippen LogP contribution in [0.5, 0.6) is 34.5 Å². The summed E-state index contributed by atoms with van der Waals surface area (Å²) >= 11 is 0. The molecule has 0 radical (unpaired) electrons. The van der Waals surface area contributed by atoms with Crippen molar-refractivity contribution in [2.45, 2.75) is 31.4 Å². The van der Waals surface area contributed by atoms with Crippen molar-refractivity contribution >= 4 is 35.0 Å². The minimum Gasteiger partial charge on any atom is -0.457 e. The van der Waals surface area contributed by atoms with Gasteiger partial charge in [-0.15, -0.1) is 0 Å². The summed E-state index contributed by atoms with van der Waals surface area (Å²) < 4.78 is 186. The third-order valence-electron chi connectivity index (χ3n) is 11.3. The molecule has 6 aromatic carbocycles. The smallest absolute Gasteiger partial charge is 0.416 e. The van der Waals surface area contributed by atoms with Crippen molar-refractivity contribution < 1.29 is 95.3 Å². The number of halogens is 13. The summed E-state index contributed by atoms with van der Waals surface area (Å²) in [7, 11) is 0. The van der Waals surface area contributed by atoms with E-state index in [4.69, 9.17) is 14.2 Å². The highest BCUT2D eigenvalue weighted by molar-refractivity contribution is 6.06. The van der Waals surface area contributed by atoms with Crippen molar-refractivity contribution in [3.63, 3.8) is 0 Å². The van der Waals surface area contributed by atoms with Crippen LogP contribution >= 0.6 is 0 Å². The summed E-state index contributed by atoms with van der Waals surface area (Å²) in [6.07, 6.45) is -3.97. The van der Waals surface area contributed by atoms with E-state index in [1.54, 1.807) is 6.08 Å². The number of aromatic nitrogens is 1. The highest BCUT2D eigenvalue weighted by Crippen LogP contribution is 2.39. The van der Waals surface area contributed by atoms with Crippen molar-refractivity contribution in [2.75, 3.05) is 5.32 Å². The van der Waals surface area contributed by atoms with E-state index in [1.807, 2.05) is 0 Å². The van der Waals surface area contributed by atoms with Crippen molar-refractivity contribution in [3.8, 4) is 34.5 Å². The number of amides is 3. The zero-order valence-electron chi connectivity index (χ0n) is 42.7. The van der Waals surface area contributed by atoms with Crippen LogP contribution in [-0.4, -0.2) is 34.3 Å². The van der Waals surface area contributed by atoms with Gasteiger partial charge in [0.25, 0.3) is 17.7 Å². The fraction of sp³-hybridized carbons (Fsp3) is 0.0847. The van der Waals surface area contributed by atoms with Crippen LogP contribution in [-0.2, 0) is 28.1 Å². The fourth-order valence-corrected chi connectivity index (χ4v) is 7.25. The third kappa shape index (κ3) is 17.7. The van der Waals surface area contributed by atoms with Crippen LogP contribution in [0.3, 0.4) is 0 Å². The van der Waals surface area contributed by atoms with Gasteiger partial charge < -0.3 is 35.1 Å². The van der Waals surface area contributed by atoms with Crippen LogP contribution in [0.25, 0.3) is 0 Å². The van der Waals surface area contributed by atoms with Crippen LogP contribution < -0.4 is 35.7 Å². The molecule has 26 heteroatoms. The molecule has 13 nitrogen and oxygen atoms in total. The van der Waals surface area contributed by atoms with Crippen molar-refractivity contribution in [1.29, 1.82) is 0 Å². The van der Waals surface area contributed by atoms with Crippen LogP contribution in [0, 0.1) is 23.3 Å². The lowest BCUT2D eigenvalue weighted by atomic mass is 10.1. The number of ether oxygens (including phenoxy) is 3.